The normalized spacial score (nSPS) is 12.7. The quantitative estimate of drug-likeness (QED) is 0.753. The zero-order chi connectivity index (χ0) is 11.1. The van der Waals surface area contributed by atoms with Gasteiger partial charge in [0.1, 0.15) is 5.82 Å². The van der Waals surface area contributed by atoms with Crippen LogP contribution in [0.3, 0.4) is 0 Å². The van der Waals surface area contributed by atoms with Crippen LogP contribution in [0, 0.1) is 11.7 Å². The summed E-state index contributed by atoms with van der Waals surface area (Å²) < 4.78 is 12.6. The van der Waals surface area contributed by atoms with E-state index < -0.39 is 0 Å². The van der Waals surface area contributed by atoms with E-state index in [4.69, 9.17) is 5.11 Å². The van der Waals surface area contributed by atoms with E-state index in [1.54, 1.807) is 12.1 Å². The first kappa shape index (κ1) is 12.1. The summed E-state index contributed by atoms with van der Waals surface area (Å²) >= 11 is 0. The van der Waals surface area contributed by atoms with Crippen LogP contribution in [-0.2, 0) is 6.54 Å². The van der Waals surface area contributed by atoms with Crippen LogP contribution in [0.5, 0.6) is 0 Å². The fourth-order valence-corrected chi connectivity index (χ4v) is 1.36. The average molecular weight is 211 g/mol. The minimum atomic E-state index is -0.208. The molecule has 2 N–H and O–H groups in total. The van der Waals surface area contributed by atoms with E-state index in [-0.39, 0.29) is 12.4 Å². The number of hydrogen-bond acceptors (Lipinski definition) is 2. The largest absolute Gasteiger partial charge is 0.396 e. The molecule has 1 rings (SSSR count). The van der Waals surface area contributed by atoms with Gasteiger partial charge in [-0.25, -0.2) is 4.39 Å². The van der Waals surface area contributed by atoms with Gasteiger partial charge in [-0.05, 0) is 30.0 Å². The number of benzene rings is 1. The van der Waals surface area contributed by atoms with Crippen LogP contribution in [0.2, 0.25) is 0 Å². The van der Waals surface area contributed by atoms with E-state index in [0.717, 1.165) is 25.1 Å². The standard InChI is InChI=1S/C12H18FNO/c1-2-10(9-15)7-14-8-11-3-5-12(13)6-4-11/h3-6,10,14-15H,2,7-9H2,1H3. The Morgan fingerprint density at radius 2 is 2.00 bits per heavy atom. The number of rotatable bonds is 6. The third-order valence-corrected chi connectivity index (χ3v) is 2.51. The van der Waals surface area contributed by atoms with E-state index in [1.165, 1.54) is 12.1 Å². The molecule has 0 aliphatic rings. The molecule has 3 heteroatoms. The first-order chi connectivity index (χ1) is 7.26. The Morgan fingerprint density at radius 3 is 2.53 bits per heavy atom. The Hall–Kier alpha value is -0.930. The van der Waals surface area contributed by atoms with Crippen molar-refractivity contribution in [3.63, 3.8) is 0 Å². The second-order valence-electron chi connectivity index (χ2n) is 3.71. The van der Waals surface area contributed by atoms with Crippen LogP contribution in [0.4, 0.5) is 4.39 Å². The zero-order valence-corrected chi connectivity index (χ0v) is 9.04. The molecule has 0 aliphatic carbocycles. The van der Waals surface area contributed by atoms with E-state index in [9.17, 15) is 4.39 Å². The Kier molecular flexibility index (Phi) is 5.29. The molecule has 0 heterocycles. The number of aliphatic hydroxyl groups is 1. The Labute approximate surface area is 90.1 Å². The Morgan fingerprint density at radius 1 is 1.33 bits per heavy atom. The van der Waals surface area contributed by atoms with Gasteiger partial charge in [-0.3, -0.25) is 0 Å². The van der Waals surface area contributed by atoms with Crippen molar-refractivity contribution < 1.29 is 9.50 Å². The molecule has 1 aromatic rings. The lowest BCUT2D eigenvalue weighted by Crippen LogP contribution is -2.24. The Bertz CT molecular complexity index is 269. The molecule has 0 saturated heterocycles. The number of aliphatic hydroxyl groups excluding tert-OH is 1. The molecule has 1 atom stereocenters. The highest BCUT2D eigenvalue weighted by Gasteiger charge is 2.03. The molecule has 0 bridgehead atoms. The molecule has 0 fully saturated rings. The lowest BCUT2D eigenvalue weighted by atomic mass is 10.1. The highest BCUT2D eigenvalue weighted by Crippen LogP contribution is 2.03. The van der Waals surface area contributed by atoms with Crippen LogP contribution in [0.15, 0.2) is 24.3 Å². The minimum Gasteiger partial charge on any atom is -0.396 e. The molecule has 0 amide bonds. The predicted molar refractivity (Wildman–Crippen MR) is 59.0 cm³/mol. The van der Waals surface area contributed by atoms with Crippen LogP contribution in [0.1, 0.15) is 18.9 Å². The smallest absolute Gasteiger partial charge is 0.123 e. The summed E-state index contributed by atoms with van der Waals surface area (Å²) in [7, 11) is 0. The van der Waals surface area contributed by atoms with Gasteiger partial charge in [-0.2, -0.15) is 0 Å². The predicted octanol–water partition coefficient (Wildman–Crippen LogP) is 1.93. The maximum absolute atomic E-state index is 12.6. The molecule has 2 nitrogen and oxygen atoms in total. The third kappa shape index (κ3) is 4.40. The van der Waals surface area contributed by atoms with Crippen LogP contribution in [-0.4, -0.2) is 18.3 Å². The van der Waals surface area contributed by atoms with Gasteiger partial charge in [-0.1, -0.05) is 19.1 Å². The summed E-state index contributed by atoms with van der Waals surface area (Å²) in [5, 5.41) is 12.2. The van der Waals surface area contributed by atoms with Crippen molar-refractivity contribution in [2.45, 2.75) is 19.9 Å². The summed E-state index contributed by atoms with van der Waals surface area (Å²) in [4.78, 5) is 0. The van der Waals surface area contributed by atoms with Gasteiger partial charge in [0.25, 0.3) is 0 Å². The lowest BCUT2D eigenvalue weighted by Gasteiger charge is -2.12. The van der Waals surface area contributed by atoms with Crippen molar-refractivity contribution in [2.24, 2.45) is 5.92 Å². The summed E-state index contributed by atoms with van der Waals surface area (Å²) in [6.45, 7) is 3.79. The van der Waals surface area contributed by atoms with Crippen molar-refractivity contribution in [1.82, 2.24) is 5.32 Å². The van der Waals surface area contributed by atoms with Crippen LogP contribution in [0.25, 0.3) is 0 Å². The maximum atomic E-state index is 12.6. The molecule has 1 aromatic carbocycles. The zero-order valence-electron chi connectivity index (χ0n) is 9.04. The van der Waals surface area contributed by atoms with Gasteiger partial charge in [0.2, 0.25) is 0 Å². The van der Waals surface area contributed by atoms with E-state index in [0.29, 0.717) is 5.92 Å². The molecule has 0 aromatic heterocycles. The van der Waals surface area contributed by atoms with Crippen molar-refractivity contribution >= 4 is 0 Å². The van der Waals surface area contributed by atoms with Gasteiger partial charge in [0, 0.05) is 19.7 Å². The molecule has 84 valence electrons. The fraction of sp³-hybridized carbons (Fsp3) is 0.500. The minimum absolute atomic E-state index is 0.208. The molecule has 0 saturated carbocycles. The first-order valence-electron chi connectivity index (χ1n) is 5.32. The van der Waals surface area contributed by atoms with Crippen molar-refractivity contribution in [2.75, 3.05) is 13.2 Å². The van der Waals surface area contributed by atoms with Crippen molar-refractivity contribution in [3.05, 3.63) is 35.6 Å². The molecule has 1 unspecified atom stereocenters. The average Bonchev–Trinajstić information content (AvgIpc) is 2.27. The maximum Gasteiger partial charge on any atom is 0.123 e. The summed E-state index contributed by atoms with van der Waals surface area (Å²) in [6.07, 6.45) is 0.965. The van der Waals surface area contributed by atoms with Gasteiger partial charge in [0.05, 0.1) is 0 Å². The number of nitrogens with one attached hydrogen (secondary N) is 1. The molecule has 15 heavy (non-hydrogen) atoms. The van der Waals surface area contributed by atoms with Crippen LogP contribution < -0.4 is 5.32 Å². The van der Waals surface area contributed by atoms with Crippen molar-refractivity contribution in [3.8, 4) is 0 Å². The first-order valence-corrected chi connectivity index (χ1v) is 5.32. The van der Waals surface area contributed by atoms with Gasteiger partial charge in [-0.15, -0.1) is 0 Å². The molecular formula is C12H18FNO. The fourth-order valence-electron chi connectivity index (χ4n) is 1.36. The van der Waals surface area contributed by atoms with Gasteiger partial charge < -0.3 is 10.4 Å². The topological polar surface area (TPSA) is 32.3 Å². The summed E-state index contributed by atoms with van der Waals surface area (Å²) in [6, 6.07) is 6.45. The molecule has 0 aliphatic heterocycles. The van der Waals surface area contributed by atoms with E-state index in [1.807, 2.05) is 0 Å². The molecule has 0 radical (unpaired) electrons. The second-order valence-corrected chi connectivity index (χ2v) is 3.71. The Balaban J connectivity index is 2.28. The SMILES string of the molecule is CCC(CO)CNCc1ccc(F)cc1. The molecular weight excluding hydrogens is 193 g/mol. The van der Waals surface area contributed by atoms with Gasteiger partial charge in [0.15, 0.2) is 0 Å². The highest BCUT2D eigenvalue weighted by atomic mass is 19.1. The number of halogens is 1. The monoisotopic (exact) mass is 211 g/mol. The molecule has 0 spiro atoms. The van der Waals surface area contributed by atoms with E-state index in [2.05, 4.69) is 12.2 Å². The van der Waals surface area contributed by atoms with Crippen molar-refractivity contribution in [1.29, 1.82) is 0 Å². The van der Waals surface area contributed by atoms with Gasteiger partial charge >= 0.3 is 0 Å². The summed E-state index contributed by atoms with van der Waals surface area (Å²) in [5.41, 5.74) is 1.06. The number of hydrogen-bond donors (Lipinski definition) is 2. The van der Waals surface area contributed by atoms with Crippen LogP contribution >= 0.6 is 0 Å². The summed E-state index contributed by atoms with van der Waals surface area (Å²) in [5.74, 6) is 0.103. The lowest BCUT2D eigenvalue weighted by molar-refractivity contribution is 0.218. The van der Waals surface area contributed by atoms with E-state index >= 15 is 0 Å². The second kappa shape index (κ2) is 6.53. The highest BCUT2D eigenvalue weighted by molar-refractivity contribution is 5.15. The third-order valence-electron chi connectivity index (χ3n) is 2.51.